The van der Waals surface area contributed by atoms with Gasteiger partial charge < -0.3 is 10.5 Å². The molecule has 1 aliphatic rings. The van der Waals surface area contributed by atoms with Crippen molar-refractivity contribution in [2.75, 3.05) is 0 Å². The van der Waals surface area contributed by atoms with E-state index in [0.29, 0.717) is 0 Å². The van der Waals surface area contributed by atoms with E-state index in [4.69, 9.17) is 10.5 Å². The quantitative estimate of drug-likeness (QED) is 0.829. The minimum atomic E-state index is 0.0256. The maximum Gasteiger partial charge on any atom is 0.126 e. The van der Waals surface area contributed by atoms with E-state index in [0.717, 1.165) is 22.2 Å². The van der Waals surface area contributed by atoms with E-state index in [2.05, 4.69) is 48.0 Å². The predicted molar refractivity (Wildman–Crippen MR) is 85.0 cm³/mol. The van der Waals surface area contributed by atoms with Crippen LogP contribution < -0.4 is 10.5 Å². The van der Waals surface area contributed by atoms with Crippen LogP contribution in [0.2, 0.25) is 0 Å². The minimum Gasteiger partial charge on any atom is -0.485 e. The molecule has 2 nitrogen and oxygen atoms in total. The molecule has 1 unspecified atom stereocenters. The Morgan fingerprint density at radius 3 is 2.50 bits per heavy atom. The molecule has 0 aromatic heterocycles. The lowest BCUT2D eigenvalue weighted by atomic mass is 9.92. The number of benzene rings is 2. The van der Waals surface area contributed by atoms with Crippen molar-refractivity contribution in [2.45, 2.75) is 32.4 Å². The van der Waals surface area contributed by atoms with Crippen LogP contribution >= 0.6 is 15.9 Å². The van der Waals surface area contributed by atoms with Crippen LogP contribution in [-0.2, 0) is 0 Å². The third-order valence-electron chi connectivity index (χ3n) is 3.73. The van der Waals surface area contributed by atoms with Gasteiger partial charge in [0.15, 0.2) is 0 Å². The highest BCUT2D eigenvalue weighted by Gasteiger charge is 2.27. The van der Waals surface area contributed by atoms with E-state index >= 15 is 0 Å². The second-order valence-electron chi connectivity index (χ2n) is 5.55. The van der Waals surface area contributed by atoms with Gasteiger partial charge in [-0.3, -0.25) is 0 Å². The molecule has 0 spiro atoms. The van der Waals surface area contributed by atoms with Crippen LogP contribution in [0.25, 0.3) is 0 Å². The largest absolute Gasteiger partial charge is 0.485 e. The molecule has 0 radical (unpaired) electrons. The highest BCUT2D eigenvalue weighted by molar-refractivity contribution is 9.10. The molecule has 2 atom stereocenters. The van der Waals surface area contributed by atoms with Gasteiger partial charge in [0.2, 0.25) is 0 Å². The van der Waals surface area contributed by atoms with Gasteiger partial charge in [-0.1, -0.05) is 51.3 Å². The summed E-state index contributed by atoms with van der Waals surface area (Å²) in [6, 6.07) is 12.6. The monoisotopic (exact) mass is 331 g/mol. The fourth-order valence-electron chi connectivity index (χ4n) is 2.88. The van der Waals surface area contributed by atoms with Crippen molar-refractivity contribution >= 4 is 15.9 Å². The van der Waals surface area contributed by atoms with Gasteiger partial charge in [0.1, 0.15) is 11.9 Å². The van der Waals surface area contributed by atoms with Crippen LogP contribution in [0.3, 0.4) is 0 Å². The van der Waals surface area contributed by atoms with Gasteiger partial charge in [-0.05, 0) is 31.5 Å². The molecule has 0 saturated heterocycles. The third kappa shape index (κ3) is 2.60. The molecular weight excluding hydrogens is 314 g/mol. The maximum absolute atomic E-state index is 6.30. The Bertz CT molecular complexity index is 633. The fraction of sp³-hybridized carbons (Fsp3) is 0.294. The predicted octanol–water partition coefficient (Wildman–Crippen LogP) is 4.59. The Labute approximate surface area is 128 Å². The maximum atomic E-state index is 6.30. The molecule has 0 aliphatic carbocycles. The summed E-state index contributed by atoms with van der Waals surface area (Å²) in [7, 11) is 0. The molecule has 20 heavy (non-hydrogen) atoms. The highest BCUT2D eigenvalue weighted by atomic mass is 79.9. The smallest absolute Gasteiger partial charge is 0.126 e. The van der Waals surface area contributed by atoms with Gasteiger partial charge in [-0.25, -0.2) is 0 Å². The Hall–Kier alpha value is -1.32. The topological polar surface area (TPSA) is 35.2 Å². The summed E-state index contributed by atoms with van der Waals surface area (Å²) >= 11 is 3.49. The SMILES string of the molecule is Cc1cc(C)cc(C2C[C@@H](N)c3ccc(Br)cc3O2)c1. The van der Waals surface area contributed by atoms with Crippen molar-refractivity contribution in [3.63, 3.8) is 0 Å². The molecule has 2 N–H and O–H groups in total. The Balaban J connectivity index is 1.98. The zero-order chi connectivity index (χ0) is 14.3. The molecule has 0 bridgehead atoms. The van der Waals surface area contributed by atoms with E-state index in [1.807, 2.05) is 18.2 Å². The van der Waals surface area contributed by atoms with Crippen LogP contribution in [0.1, 0.15) is 40.8 Å². The van der Waals surface area contributed by atoms with Gasteiger partial charge >= 0.3 is 0 Å². The summed E-state index contributed by atoms with van der Waals surface area (Å²) in [6.45, 7) is 4.23. The summed E-state index contributed by atoms with van der Waals surface area (Å²) in [5.74, 6) is 0.891. The Kier molecular flexibility index (Phi) is 3.57. The third-order valence-corrected chi connectivity index (χ3v) is 4.22. The van der Waals surface area contributed by atoms with E-state index < -0.39 is 0 Å². The number of ether oxygens (including phenoxy) is 1. The number of hydrogen-bond donors (Lipinski definition) is 1. The minimum absolute atomic E-state index is 0.0256. The fourth-order valence-corrected chi connectivity index (χ4v) is 3.22. The zero-order valence-corrected chi connectivity index (χ0v) is 13.3. The van der Waals surface area contributed by atoms with E-state index in [9.17, 15) is 0 Å². The lowest BCUT2D eigenvalue weighted by molar-refractivity contribution is 0.161. The molecule has 0 saturated carbocycles. The molecule has 3 rings (SSSR count). The summed E-state index contributed by atoms with van der Waals surface area (Å²) in [4.78, 5) is 0. The van der Waals surface area contributed by atoms with Crippen LogP contribution in [0.4, 0.5) is 0 Å². The molecule has 0 fully saturated rings. The summed E-state index contributed by atoms with van der Waals surface area (Å²) in [6.07, 6.45) is 0.850. The van der Waals surface area contributed by atoms with E-state index in [-0.39, 0.29) is 12.1 Å². The van der Waals surface area contributed by atoms with Crippen LogP contribution in [0.5, 0.6) is 5.75 Å². The summed E-state index contributed by atoms with van der Waals surface area (Å²) in [5.41, 5.74) is 11.1. The van der Waals surface area contributed by atoms with Crippen LogP contribution in [-0.4, -0.2) is 0 Å². The van der Waals surface area contributed by atoms with Crippen molar-refractivity contribution in [3.05, 3.63) is 63.1 Å². The van der Waals surface area contributed by atoms with Gasteiger partial charge in [0.25, 0.3) is 0 Å². The first kappa shape index (κ1) is 13.7. The summed E-state index contributed by atoms with van der Waals surface area (Å²) in [5, 5.41) is 0. The highest BCUT2D eigenvalue weighted by Crippen LogP contribution is 2.41. The number of nitrogens with two attached hydrogens (primary N) is 1. The summed E-state index contributed by atoms with van der Waals surface area (Å²) < 4.78 is 7.19. The average molecular weight is 332 g/mol. The van der Waals surface area contributed by atoms with Gasteiger partial charge in [0, 0.05) is 22.5 Å². The van der Waals surface area contributed by atoms with E-state index in [1.165, 1.54) is 16.7 Å². The second kappa shape index (κ2) is 5.23. The molecule has 2 aromatic carbocycles. The van der Waals surface area contributed by atoms with E-state index in [1.54, 1.807) is 0 Å². The van der Waals surface area contributed by atoms with Gasteiger partial charge in [0.05, 0.1) is 0 Å². The standard InChI is InChI=1S/C17H18BrNO/c1-10-5-11(2)7-12(6-10)16-9-15(19)14-4-3-13(18)8-17(14)20-16/h3-8,15-16H,9,19H2,1-2H3/t15-,16?/m1/s1. The van der Waals surface area contributed by atoms with Crippen molar-refractivity contribution in [1.29, 1.82) is 0 Å². The second-order valence-corrected chi connectivity index (χ2v) is 6.47. The van der Waals surface area contributed by atoms with Crippen LogP contribution in [0.15, 0.2) is 40.9 Å². The number of halogens is 1. The molecule has 104 valence electrons. The van der Waals surface area contributed by atoms with Crippen molar-refractivity contribution in [3.8, 4) is 5.75 Å². The Morgan fingerprint density at radius 1 is 1.10 bits per heavy atom. The molecular formula is C17H18BrNO. The zero-order valence-electron chi connectivity index (χ0n) is 11.7. The lowest BCUT2D eigenvalue weighted by Gasteiger charge is -2.31. The van der Waals surface area contributed by atoms with Crippen molar-refractivity contribution in [2.24, 2.45) is 5.73 Å². The average Bonchev–Trinajstić information content (AvgIpc) is 2.36. The first-order valence-corrected chi connectivity index (χ1v) is 7.62. The van der Waals surface area contributed by atoms with Gasteiger partial charge in [-0.15, -0.1) is 0 Å². The molecule has 3 heteroatoms. The lowest BCUT2D eigenvalue weighted by Crippen LogP contribution is -2.24. The Morgan fingerprint density at radius 2 is 1.80 bits per heavy atom. The molecule has 2 aromatic rings. The number of rotatable bonds is 1. The normalized spacial score (nSPS) is 21.2. The van der Waals surface area contributed by atoms with Gasteiger partial charge in [-0.2, -0.15) is 0 Å². The molecule has 1 aliphatic heterocycles. The van der Waals surface area contributed by atoms with Crippen molar-refractivity contribution in [1.82, 2.24) is 0 Å². The first-order chi connectivity index (χ1) is 9.52. The molecule has 1 heterocycles. The number of hydrogen-bond acceptors (Lipinski definition) is 2. The van der Waals surface area contributed by atoms with Crippen molar-refractivity contribution < 1.29 is 4.74 Å². The molecule has 0 amide bonds. The first-order valence-electron chi connectivity index (χ1n) is 6.83. The number of aryl methyl sites for hydroxylation is 2. The number of fused-ring (bicyclic) bond motifs is 1. The van der Waals surface area contributed by atoms with Crippen LogP contribution in [0, 0.1) is 13.8 Å².